The molecule has 0 N–H and O–H groups in total. The van der Waals surface area contributed by atoms with Crippen molar-refractivity contribution >= 4 is 11.7 Å². The van der Waals surface area contributed by atoms with Crippen molar-refractivity contribution in [2.75, 3.05) is 32.7 Å². The number of ether oxygens (including phenoxy) is 2. The Balaban J connectivity index is 3.08. The van der Waals surface area contributed by atoms with Crippen LogP contribution in [-0.2, 0) is 14.9 Å². The lowest BCUT2D eigenvalue weighted by molar-refractivity contribution is -0.138. The predicted octanol–water partition coefficient (Wildman–Crippen LogP) is 2.60. The molecule has 0 radical (unpaired) electrons. The zero-order chi connectivity index (χ0) is 14.6. The molecule has 0 heterocycles. The van der Waals surface area contributed by atoms with Gasteiger partial charge in [-0.25, -0.2) is 0 Å². The van der Waals surface area contributed by atoms with E-state index in [1.165, 1.54) is 7.11 Å². The molecule has 0 unspecified atom stereocenters. The van der Waals surface area contributed by atoms with Crippen molar-refractivity contribution in [3.05, 3.63) is 23.8 Å². The summed E-state index contributed by atoms with van der Waals surface area (Å²) in [6.45, 7) is 6.63. The molecular formula is C15H23NO3. The first-order valence-corrected chi connectivity index (χ1v) is 6.26. The Morgan fingerprint density at radius 2 is 1.89 bits per heavy atom. The van der Waals surface area contributed by atoms with E-state index in [4.69, 9.17) is 4.74 Å². The van der Waals surface area contributed by atoms with Crippen molar-refractivity contribution in [3.63, 3.8) is 0 Å². The van der Waals surface area contributed by atoms with Gasteiger partial charge < -0.3 is 14.4 Å². The second-order valence-corrected chi connectivity index (χ2v) is 5.57. The third-order valence-corrected chi connectivity index (χ3v) is 3.03. The van der Waals surface area contributed by atoms with Gasteiger partial charge in [-0.15, -0.1) is 0 Å². The zero-order valence-corrected chi connectivity index (χ0v) is 12.6. The van der Waals surface area contributed by atoms with E-state index < -0.39 is 0 Å². The van der Waals surface area contributed by atoms with E-state index in [2.05, 4.69) is 31.6 Å². The van der Waals surface area contributed by atoms with E-state index in [-0.39, 0.29) is 17.9 Å². The van der Waals surface area contributed by atoms with Crippen LogP contribution in [0.1, 0.15) is 26.3 Å². The summed E-state index contributed by atoms with van der Waals surface area (Å²) >= 11 is 0. The predicted molar refractivity (Wildman–Crippen MR) is 77.0 cm³/mol. The van der Waals surface area contributed by atoms with Gasteiger partial charge in [0.25, 0.3) is 0 Å². The Kier molecular flexibility index (Phi) is 4.81. The molecule has 0 atom stereocenters. The largest absolute Gasteiger partial charge is 0.496 e. The third kappa shape index (κ3) is 3.88. The molecule has 19 heavy (non-hydrogen) atoms. The fourth-order valence-corrected chi connectivity index (χ4v) is 1.87. The van der Waals surface area contributed by atoms with Crippen LogP contribution in [-0.4, -0.2) is 33.8 Å². The lowest BCUT2D eigenvalue weighted by Crippen LogP contribution is -2.26. The van der Waals surface area contributed by atoms with Gasteiger partial charge in [0.2, 0.25) is 0 Å². The summed E-state index contributed by atoms with van der Waals surface area (Å²) in [6, 6.07) is 5.93. The first kappa shape index (κ1) is 15.3. The molecule has 0 saturated carbocycles. The van der Waals surface area contributed by atoms with Crippen LogP contribution in [0.3, 0.4) is 0 Å². The average molecular weight is 265 g/mol. The maximum absolute atomic E-state index is 11.3. The molecule has 0 amide bonds. The molecule has 0 saturated heterocycles. The molecule has 0 spiro atoms. The molecule has 0 bridgehead atoms. The number of hydrogen-bond acceptors (Lipinski definition) is 4. The number of esters is 1. The van der Waals surface area contributed by atoms with Crippen molar-refractivity contribution in [2.24, 2.45) is 0 Å². The van der Waals surface area contributed by atoms with Gasteiger partial charge in [0.15, 0.2) is 0 Å². The first-order chi connectivity index (χ1) is 8.79. The summed E-state index contributed by atoms with van der Waals surface area (Å²) in [4.78, 5) is 13.2. The van der Waals surface area contributed by atoms with Crippen molar-refractivity contribution in [3.8, 4) is 5.75 Å². The molecule has 4 nitrogen and oxygen atoms in total. The van der Waals surface area contributed by atoms with E-state index in [1.54, 1.807) is 7.11 Å². The molecule has 0 aliphatic rings. The van der Waals surface area contributed by atoms with E-state index in [9.17, 15) is 4.79 Å². The fraction of sp³-hybridized carbons (Fsp3) is 0.533. The highest BCUT2D eigenvalue weighted by Crippen LogP contribution is 2.34. The maximum atomic E-state index is 11.3. The van der Waals surface area contributed by atoms with Crippen molar-refractivity contribution in [1.29, 1.82) is 0 Å². The number of hydrogen-bond donors (Lipinski definition) is 0. The van der Waals surface area contributed by atoms with Gasteiger partial charge in [-0.1, -0.05) is 20.8 Å². The number of anilines is 1. The van der Waals surface area contributed by atoms with Crippen LogP contribution in [0.15, 0.2) is 18.2 Å². The van der Waals surface area contributed by atoms with Gasteiger partial charge in [-0.2, -0.15) is 0 Å². The zero-order valence-electron chi connectivity index (χ0n) is 12.6. The molecule has 1 aromatic carbocycles. The minimum absolute atomic E-state index is 0.0204. The van der Waals surface area contributed by atoms with Gasteiger partial charge in [0, 0.05) is 18.3 Å². The molecule has 0 aromatic heterocycles. The minimum atomic E-state index is -0.254. The fourth-order valence-electron chi connectivity index (χ4n) is 1.87. The van der Waals surface area contributed by atoms with Crippen LogP contribution in [0.4, 0.5) is 5.69 Å². The summed E-state index contributed by atoms with van der Waals surface area (Å²) in [7, 11) is 4.93. The number of likely N-dealkylation sites (N-methyl/N-ethyl adjacent to an activating group) is 1. The van der Waals surface area contributed by atoms with Crippen LogP contribution < -0.4 is 9.64 Å². The lowest BCUT2D eigenvalue weighted by atomic mass is 9.86. The highest BCUT2D eigenvalue weighted by molar-refractivity contribution is 5.75. The van der Waals surface area contributed by atoms with Gasteiger partial charge in [-0.05, 0) is 23.6 Å². The Morgan fingerprint density at radius 3 is 2.37 bits per heavy atom. The molecule has 106 valence electrons. The maximum Gasteiger partial charge on any atom is 0.325 e. The van der Waals surface area contributed by atoms with Crippen molar-refractivity contribution in [2.45, 2.75) is 26.2 Å². The van der Waals surface area contributed by atoms with Crippen molar-refractivity contribution < 1.29 is 14.3 Å². The molecule has 1 rings (SSSR count). The first-order valence-electron chi connectivity index (χ1n) is 6.26. The molecule has 4 heteroatoms. The monoisotopic (exact) mass is 265 g/mol. The summed E-state index contributed by atoms with van der Waals surface area (Å²) in [5, 5.41) is 0. The van der Waals surface area contributed by atoms with Gasteiger partial charge in [0.05, 0.1) is 14.2 Å². The van der Waals surface area contributed by atoms with E-state index in [0.717, 1.165) is 17.0 Å². The van der Waals surface area contributed by atoms with E-state index >= 15 is 0 Å². The van der Waals surface area contributed by atoms with Crippen LogP contribution in [0.25, 0.3) is 0 Å². The average Bonchev–Trinajstić information content (AvgIpc) is 2.36. The van der Waals surface area contributed by atoms with Crippen molar-refractivity contribution in [1.82, 2.24) is 0 Å². The Morgan fingerprint density at radius 1 is 1.26 bits per heavy atom. The SMILES string of the molecule is COC(=O)CN(C)c1ccc(OC)c(C(C)(C)C)c1. The van der Waals surface area contributed by atoms with E-state index in [0.29, 0.717) is 0 Å². The number of methoxy groups -OCH3 is 2. The quantitative estimate of drug-likeness (QED) is 0.784. The Bertz CT molecular complexity index is 449. The standard InChI is InChI=1S/C15H23NO3/c1-15(2,3)12-9-11(7-8-13(12)18-5)16(4)10-14(17)19-6/h7-9H,10H2,1-6H3. The molecule has 0 aliphatic carbocycles. The van der Waals surface area contributed by atoms with Gasteiger partial charge >= 0.3 is 5.97 Å². The number of carbonyl (C=O) groups is 1. The highest BCUT2D eigenvalue weighted by Gasteiger charge is 2.20. The topological polar surface area (TPSA) is 38.8 Å². The molecule has 0 fully saturated rings. The van der Waals surface area contributed by atoms with Crippen LogP contribution in [0.2, 0.25) is 0 Å². The van der Waals surface area contributed by atoms with Crippen LogP contribution in [0, 0.1) is 0 Å². The van der Waals surface area contributed by atoms with Crippen LogP contribution in [0.5, 0.6) is 5.75 Å². The minimum Gasteiger partial charge on any atom is -0.496 e. The smallest absolute Gasteiger partial charge is 0.325 e. The summed E-state index contributed by atoms with van der Waals surface area (Å²) in [5.41, 5.74) is 2.06. The van der Waals surface area contributed by atoms with E-state index in [1.807, 2.05) is 24.1 Å². The Hall–Kier alpha value is -1.71. The highest BCUT2D eigenvalue weighted by atomic mass is 16.5. The lowest BCUT2D eigenvalue weighted by Gasteiger charge is -2.25. The normalized spacial score (nSPS) is 11.1. The van der Waals surface area contributed by atoms with Gasteiger partial charge in [0.1, 0.15) is 12.3 Å². The summed E-state index contributed by atoms with van der Waals surface area (Å²) < 4.78 is 10.1. The molecule has 1 aromatic rings. The second kappa shape index (κ2) is 5.95. The van der Waals surface area contributed by atoms with Crippen LogP contribution >= 0.6 is 0 Å². The molecular weight excluding hydrogens is 242 g/mol. The number of nitrogens with zero attached hydrogens (tertiary/aromatic N) is 1. The Labute approximate surface area is 115 Å². The number of rotatable bonds is 4. The summed E-state index contributed by atoms with van der Waals surface area (Å²) in [5.74, 6) is 0.610. The summed E-state index contributed by atoms with van der Waals surface area (Å²) in [6.07, 6.45) is 0. The van der Waals surface area contributed by atoms with Gasteiger partial charge in [-0.3, -0.25) is 4.79 Å². The number of benzene rings is 1. The molecule has 0 aliphatic heterocycles. The third-order valence-electron chi connectivity index (χ3n) is 3.03. The number of carbonyl (C=O) groups excluding carboxylic acids is 1. The second-order valence-electron chi connectivity index (χ2n) is 5.57.